The van der Waals surface area contributed by atoms with E-state index in [1.54, 1.807) is 0 Å². The van der Waals surface area contributed by atoms with Gasteiger partial charge in [0.15, 0.2) is 0 Å². The molecule has 0 aliphatic carbocycles. The number of rotatable bonds is 1. The number of carbonyl (C=O) groups excluding carboxylic acids is 2. The summed E-state index contributed by atoms with van der Waals surface area (Å²) in [5.74, 6) is -0.664. The third-order valence-electron chi connectivity index (χ3n) is 1.92. The summed E-state index contributed by atoms with van der Waals surface area (Å²) in [5, 5.41) is 0. The molecule has 0 aromatic carbocycles. The van der Waals surface area contributed by atoms with Gasteiger partial charge in [-0.3, -0.25) is 14.5 Å². The Morgan fingerprint density at radius 3 is 1.93 bits per heavy atom. The van der Waals surface area contributed by atoms with Crippen LogP contribution < -0.4 is 0 Å². The lowest BCUT2D eigenvalue weighted by molar-refractivity contribution is 0.0681. The Hall–Kier alpha value is -0.135. The van der Waals surface area contributed by atoms with Crippen molar-refractivity contribution in [2.24, 2.45) is 0 Å². The summed E-state index contributed by atoms with van der Waals surface area (Å²) in [4.78, 5) is 24.3. The summed E-state index contributed by atoms with van der Waals surface area (Å²) in [6.07, 6.45) is -0.0874. The van der Waals surface area contributed by atoms with Gasteiger partial charge in [-0.05, 0) is 38.3 Å². The molecule has 0 spiro atoms. The summed E-state index contributed by atoms with van der Waals surface area (Å²) in [6, 6.07) is 0. The number of nitrogens with zero attached hydrogens (tertiary/aromatic N) is 1. The number of amides is 2. The van der Waals surface area contributed by atoms with Crippen molar-refractivity contribution in [2.45, 2.75) is 0 Å². The standard InChI is InChI=1S/C7H2BBr2NO2S/c8-1-11-6(12)2-3(7(11)13)5(10)14-4(2)9/h1H2. The van der Waals surface area contributed by atoms with Gasteiger partial charge in [0, 0.05) is 0 Å². The number of halogens is 2. The molecule has 70 valence electrons. The zero-order valence-electron chi connectivity index (χ0n) is 6.71. The van der Waals surface area contributed by atoms with Crippen LogP contribution in [0.15, 0.2) is 7.57 Å². The Bertz CT molecular complexity index is 409. The van der Waals surface area contributed by atoms with Crippen molar-refractivity contribution in [1.82, 2.24) is 4.90 Å². The lowest BCUT2D eigenvalue weighted by atomic mass is 10.1. The fourth-order valence-electron chi connectivity index (χ4n) is 1.29. The van der Waals surface area contributed by atoms with E-state index in [9.17, 15) is 9.59 Å². The Kier molecular flexibility index (Phi) is 2.57. The molecule has 0 saturated heterocycles. The highest BCUT2D eigenvalue weighted by Gasteiger charge is 2.39. The summed E-state index contributed by atoms with van der Waals surface area (Å²) in [6.45, 7) is 0. The van der Waals surface area contributed by atoms with E-state index in [0.29, 0.717) is 18.7 Å². The van der Waals surface area contributed by atoms with Crippen LogP contribution in [-0.2, 0) is 0 Å². The van der Waals surface area contributed by atoms with E-state index in [-0.39, 0.29) is 18.3 Å². The highest BCUT2D eigenvalue weighted by Crippen LogP contribution is 2.41. The lowest BCUT2D eigenvalue weighted by Gasteiger charge is -2.10. The largest absolute Gasteiger partial charge is 0.283 e. The first-order chi connectivity index (χ1) is 6.57. The van der Waals surface area contributed by atoms with Gasteiger partial charge in [-0.2, -0.15) is 0 Å². The Balaban J connectivity index is 2.65. The molecule has 1 aliphatic heterocycles. The average Bonchev–Trinajstić information content (AvgIpc) is 2.53. The van der Waals surface area contributed by atoms with Gasteiger partial charge < -0.3 is 0 Å². The van der Waals surface area contributed by atoms with Gasteiger partial charge in [-0.1, -0.05) is 0 Å². The van der Waals surface area contributed by atoms with Gasteiger partial charge in [-0.15, -0.1) is 11.3 Å². The topological polar surface area (TPSA) is 37.4 Å². The highest BCUT2D eigenvalue weighted by atomic mass is 79.9. The molecule has 7 heteroatoms. The Morgan fingerprint density at radius 1 is 1.14 bits per heavy atom. The van der Waals surface area contributed by atoms with Crippen LogP contribution in [0.1, 0.15) is 20.7 Å². The van der Waals surface area contributed by atoms with Crippen LogP contribution in [0.3, 0.4) is 0 Å². The van der Waals surface area contributed by atoms with Crippen molar-refractivity contribution >= 4 is 62.9 Å². The zero-order valence-corrected chi connectivity index (χ0v) is 10.7. The van der Waals surface area contributed by atoms with Crippen LogP contribution in [0.4, 0.5) is 0 Å². The quantitative estimate of drug-likeness (QED) is 0.582. The minimum atomic E-state index is -0.332. The van der Waals surface area contributed by atoms with Gasteiger partial charge in [-0.25, -0.2) is 0 Å². The van der Waals surface area contributed by atoms with Crippen LogP contribution in [-0.4, -0.2) is 31.0 Å². The van der Waals surface area contributed by atoms with Crippen molar-refractivity contribution in [2.75, 3.05) is 6.44 Å². The van der Waals surface area contributed by atoms with E-state index in [0.717, 1.165) is 4.90 Å². The Labute approximate surface area is 102 Å². The number of hydrogen-bond acceptors (Lipinski definition) is 3. The van der Waals surface area contributed by atoms with Crippen molar-refractivity contribution in [3.05, 3.63) is 18.7 Å². The Morgan fingerprint density at radius 2 is 1.57 bits per heavy atom. The minimum absolute atomic E-state index is 0.0874. The average molecular weight is 335 g/mol. The summed E-state index contributed by atoms with van der Waals surface area (Å²) >= 11 is 7.80. The maximum Gasteiger partial charge on any atom is 0.262 e. The first-order valence-electron chi connectivity index (χ1n) is 3.62. The number of fused-ring (bicyclic) bond motifs is 1. The zero-order chi connectivity index (χ0) is 10.5. The van der Waals surface area contributed by atoms with Crippen LogP contribution in [0.5, 0.6) is 0 Å². The van der Waals surface area contributed by atoms with Crippen LogP contribution >= 0.6 is 43.2 Å². The molecule has 0 bridgehead atoms. The van der Waals surface area contributed by atoms with E-state index in [2.05, 4.69) is 31.9 Å². The van der Waals surface area contributed by atoms with E-state index in [4.69, 9.17) is 7.85 Å². The predicted molar refractivity (Wildman–Crippen MR) is 60.8 cm³/mol. The summed E-state index contributed by atoms with van der Waals surface area (Å²) < 4.78 is 1.32. The molecule has 2 rings (SSSR count). The second kappa shape index (κ2) is 3.46. The van der Waals surface area contributed by atoms with Gasteiger partial charge in [0.25, 0.3) is 11.8 Å². The maximum absolute atomic E-state index is 11.7. The predicted octanol–water partition coefficient (Wildman–Crippen LogP) is 2.00. The summed E-state index contributed by atoms with van der Waals surface area (Å²) in [7, 11) is 5.31. The second-order valence-corrected chi connectivity index (χ2v) is 6.28. The fourth-order valence-corrected chi connectivity index (χ4v) is 4.39. The number of thiophene rings is 1. The normalized spacial score (nSPS) is 15.1. The molecule has 0 fully saturated rings. The van der Waals surface area contributed by atoms with Gasteiger partial charge in [0.05, 0.1) is 26.5 Å². The van der Waals surface area contributed by atoms with Crippen LogP contribution in [0.2, 0.25) is 0 Å². The van der Waals surface area contributed by atoms with Crippen molar-refractivity contribution in [3.8, 4) is 0 Å². The first-order valence-corrected chi connectivity index (χ1v) is 6.02. The van der Waals surface area contributed by atoms with E-state index in [1.807, 2.05) is 0 Å². The van der Waals surface area contributed by atoms with E-state index >= 15 is 0 Å². The smallest absolute Gasteiger partial charge is 0.262 e. The summed E-state index contributed by atoms with van der Waals surface area (Å²) in [5.41, 5.74) is 0.828. The van der Waals surface area contributed by atoms with E-state index in [1.165, 1.54) is 11.3 Å². The molecule has 0 atom stereocenters. The van der Waals surface area contributed by atoms with E-state index < -0.39 is 0 Å². The molecule has 1 aliphatic rings. The second-order valence-electron chi connectivity index (χ2n) is 2.62. The number of hydrogen-bond donors (Lipinski definition) is 0. The highest BCUT2D eigenvalue weighted by molar-refractivity contribution is 9.12. The molecule has 1 aromatic heterocycles. The molecule has 2 heterocycles. The number of imide groups is 1. The van der Waals surface area contributed by atoms with Crippen molar-refractivity contribution < 1.29 is 9.59 Å². The molecule has 3 nitrogen and oxygen atoms in total. The monoisotopic (exact) mass is 333 g/mol. The van der Waals surface area contributed by atoms with Crippen LogP contribution in [0.25, 0.3) is 0 Å². The molecule has 0 saturated carbocycles. The third-order valence-corrected chi connectivity index (χ3v) is 4.45. The third kappa shape index (κ3) is 1.22. The SMILES string of the molecule is [B]CN1C(=O)c2c(Br)sc(Br)c2C1=O. The molecule has 2 radical (unpaired) electrons. The molecular weight excluding hydrogens is 333 g/mol. The minimum Gasteiger partial charge on any atom is -0.283 e. The van der Waals surface area contributed by atoms with Crippen molar-refractivity contribution in [3.63, 3.8) is 0 Å². The van der Waals surface area contributed by atoms with Gasteiger partial charge >= 0.3 is 0 Å². The lowest BCUT2D eigenvalue weighted by Crippen LogP contribution is -2.31. The fraction of sp³-hybridized carbons (Fsp3) is 0.143. The molecule has 1 aromatic rings. The van der Waals surface area contributed by atoms with Gasteiger partial charge in [0.2, 0.25) is 0 Å². The molecule has 14 heavy (non-hydrogen) atoms. The maximum atomic E-state index is 11.7. The molecular formula is C7H2BBr2NO2S. The molecule has 0 unspecified atom stereocenters. The van der Waals surface area contributed by atoms with Crippen molar-refractivity contribution in [1.29, 1.82) is 0 Å². The first kappa shape index (κ1) is 10.4. The molecule has 2 amide bonds. The molecule has 0 N–H and O–H groups in total. The van der Waals surface area contributed by atoms with Gasteiger partial charge in [0.1, 0.15) is 0 Å². The van der Waals surface area contributed by atoms with Crippen LogP contribution in [0, 0.1) is 0 Å². The number of carbonyl (C=O) groups is 2.